The van der Waals surface area contributed by atoms with Gasteiger partial charge in [-0.25, -0.2) is 9.78 Å². The van der Waals surface area contributed by atoms with E-state index < -0.39 is 0 Å². The highest BCUT2D eigenvalue weighted by molar-refractivity contribution is 5.74. The molecule has 4 rings (SSSR count). The van der Waals surface area contributed by atoms with Gasteiger partial charge in [0.1, 0.15) is 5.82 Å². The van der Waals surface area contributed by atoms with Crippen LogP contribution in [-0.4, -0.2) is 34.8 Å². The first-order valence-electron chi connectivity index (χ1n) is 9.90. The Morgan fingerprint density at radius 2 is 2.04 bits per heavy atom. The summed E-state index contributed by atoms with van der Waals surface area (Å²) >= 11 is 0. The van der Waals surface area contributed by atoms with Crippen molar-refractivity contribution in [3.05, 3.63) is 17.7 Å². The van der Waals surface area contributed by atoms with Gasteiger partial charge in [-0.1, -0.05) is 0 Å². The zero-order chi connectivity index (χ0) is 17.1. The van der Waals surface area contributed by atoms with Crippen molar-refractivity contribution in [3.63, 3.8) is 0 Å². The summed E-state index contributed by atoms with van der Waals surface area (Å²) in [5, 5.41) is 6.20. The van der Waals surface area contributed by atoms with Crippen LogP contribution in [-0.2, 0) is 24.2 Å². The molecule has 0 aromatic carbocycles. The summed E-state index contributed by atoms with van der Waals surface area (Å²) < 4.78 is 7.77. The van der Waals surface area contributed by atoms with Crippen molar-refractivity contribution in [2.45, 2.75) is 76.9 Å². The van der Waals surface area contributed by atoms with Gasteiger partial charge in [0.25, 0.3) is 0 Å². The van der Waals surface area contributed by atoms with Gasteiger partial charge in [0.2, 0.25) is 0 Å². The second-order valence-electron chi connectivity index (χ2n) is 7.99. The Morgan fingerprint density at radius 1 is 1.24 bits per heavy atom. The summed E-state index contributed by atoms with van der Waals surface area (Å²) in [6.07, 6.45) is 12.4. The van der Waals surface area contributed by atoms with E-state index in [1.54, 1.807) is 0 Å². The number of aromatic nitrogens is 2. The Kier molecular flexibility index (Phi) is 4.97. The number of ether oxygens (including phenoxy) is 1. The van der Waals surface area contributed by atoms with E-state index in [4.69, 9.17) is 4.74 Å². The minimum absolute atomic E-state index is 0.0423. The van der Waals surface area contributed by atoms with E-state index in [0.29, 0.717) is 18.0 Å². The molecule has 1 saturated heterocycles. The van der Waals surface area contributed by atoms with E-state index in [9.17, 15) is 4.79 Å². The topological polar surface area (TPSA) is 68.2 Å². The summed E-state index contributed by atoms with van der Waals surface area (Å²) in [6, 6.07) is 0.270. The molecule has 2 aliphatic heterocycles. The number of nitrogens with zero attached hydrogens (tertiary/aromatic N) is 2. The molecule has 6 heteroatoms. The van der Waals surface area contributed by atoms with Gasteiger partial charge in [-0.15, -0.1) is 0 Å². The van der Waals surface area contributed by atoms with Crippen molar-refractivity contribution in [1.82, 2.24) is 20.2 Å². The molecular weight excluding hydrogens is 316 g/mol. The van der Waals surface area contributed by atoms with Crippen LogP contribution in [0.3, 0.4) is 0 Å². The molecule has 25 heavy (non-hydrogen) atoms. The maximum Gasteiger partial charge on any atom is 0.315 e. The van der Waals surface area contributed by atoms with E-state index in [0.717, 1.165) is 50.5 Å². The number of imidazole rings is 1. The predicted octanol–water partition coefficient (Wildman–Crippen LogP) is 2.76. The lowest BCUT2D eigenvalue weighted by Crippen LogP contribution is -2.46. The first-order chi connectivity index (χ1) is 12.2. The minimum Gasteiger partial charge on any atom is -0.381 e. The molecule has 6 nitrogen and oxygen atoms in total. The smallest absolute Gasteiger partial charge is 0.315 e. The normalized spacial score (nSPS) is 23.2. The van der Waals surface area contributed by atoms with Crippen LogP contribution in [0, 0.1) is 5.41 Å². The predicted molar refractivity (Wildman–Crippen MR) is 95.3 cm³/mol. The number of amides is 2. The van der Waals surface area contributed by atoms with Gasteiger partial charge in [0, 0.05) is 32.2 Å². The maximum atomic E-state index is 12.3. The molecule has 1 spiro atoms. The van der Waals surface area contributed by atoms with Gasteiger partial charge in [-0.3, -0.25) is 0 Å². The third-order valence-electron chi connectivity index (χ3n) is 6.42. The van der Waals surface area contributed by atoms with Crippen LogP contribution in [0.5, 0.6) is 0 Å². The first kappa shape index (κ1) is 16.9. The van der Waals surface area contributed by atoms with Crippen molar-refractivity contribution in [2.75, 3.05) is 13.2 Å². The second-order valence-corrected chi connectivity index (χ2v) is 7.99. The number of carbonyl (C=O) groups excluding carboxylic acids is 1. The first-order valence-corrected chi connectivity index (χ1v) is 9.90. The summed E-state index contributed by atoms with van der Waals surface area (Å²) in [7, 11) is 0. The molecule has 2 N–H and O–H groups in total. The molecule has 0 bridgehead atoms. The average Bonchev–Trinajstić information content (AvgIpc) is 3.06. The second kappa shape index (κ2) is 7.36. The number of aryl methyl sites for hydroxylation is 1. The molecule has 3 heterocycles. The lowest BCUT2D eigenvalue weighted by atomic mass is 9.68. The van der Waals surface area contributed by atoms with Crippen LogP contribution in [0.4, 0.5) is 4.79 Å². The molecule has 1 aromatic rings. The lowest BCUT2D eigenvalue weighted by Gasteiger charge is -2.42. The molecule has 1 aliphatic carbocycles. The summed E-state index contributed by atoms with van der Waals surface area (Å²) in [5.74, 6) is 1.16. The third kappa shape index (κ3) is 3.84. The van der Waals surface area contributed by atoms with E-state index in [-0.39, 0.29) is 6.03 Å². The quantitative estimate of drug-likeness (QED) is 0.884. The fourth-order valence-corrected chi connectivity index (χ4v) is 4.71. The fraction of sp³-hybridized carbons (Fsp3) is 0.789. The SMILES string of the molecule is O=C(NCc1cnc2n1CCCC2)NC1CCC2(CCOCC2)CC1. The van der Waals surface area contributed by atoms with Crippen LogP contribution in [0.1, 0.15) is 62.9 Å². The van der Waals surface area contributed by atoms with Gasteiger partial charge in [0.15, 0.2) is 0 Å². The molecule has 2 amide bonds. The van der Waals surface area contributed by atoms with Crippen molar-refractivity contribution < 1.29 is 9.53 Å². The van der Waals surface area contributed by atoms with E-state index in [1.807, 2.05) is 6.20 Å². The molecule has 3 aliphatic rings. The number of urea groups is 1. The van der Waals surface area contributed by atoms with Gasteiger partial charge in [-0.05, 0) is 56.8 Å². The summed E-state index contributed by atoms with van der Waals surface area (Å²) in [6.45, 7) is 3.41. The minimum atomic E-state index is -0.0423. The van der Waals surface area contributed by atoms with E-state index in [1.165, 1.54) is 38.5 Å². The van der Waals surface area contributed by atoms with Crippen LogP contribution in [0.25, 0.3) is 0 Å². The molecule has 0 unspecified atom stereocenters. The Balaban J connectivity index is 1.22. The summed E-state index contributed by atoms with van der Waals surface area (Å²) in [5.41, 5.74) is 1.61. The van der Waals surface area contributed by atoms with Crippen molar-refractivity contribution in [3.8, 4) is 0 Å². The molecule has 2 fully saturated rings. The Labute approximate surface area is 149 Å². The van der Waals surface area contributed by atoms with E-state index in [2.05, 4.69) is 20.2 Å². The zero-order valence-electron chi connectivity index (χ0n) is 15.1. The fourth-order valence-electron chi connectivity index (χ4n) is 4.71. The van der Waals surface area contributed by atoms with Crippen molar-refractivity contribution in [2.24, 2.45) is 5.41 Å². The number of nitrogens with one attached hydrogen (secondary N) is 2. The molecule has 1 saturated carbocycles. The van der Waals surface area contributed by atoms with Gasteiger partial charge in [0.05, 0.1) is 18.4 Å². The highest BCUT2D eigenvalue weighted by Gasteiger charge is 2.36. The standard InChI is InChI=1S/C19H30N4O2/c24-18(21-14-16-13-20-17-3-1-2-10-23(16)17)22-15-4-6-19(7-5-15)8-11-25-12-9-19/h13,15H,1-12,14H2,(H2,21,22,24). The molecule has 138 valence electrons. The number of rotatable bonds is 3. The number of hydrogen-bond donors (Lipinski definition) is 2. The number of fused-ring (bicyclic) bond motifs is 1. The highest BCUT2D eigenvalue weighted by atomic mass is 16.5. The molecule has 0 radical (unpaired) electrons. The van der Waals surface area contributed by atoms with Crippen molar-refractivity contribution in [1.29, 1.82) is 0 Å². The molecular formula is C19H30N4O2. The van der Waals surface area contributed by atoms with Crippen molar-refractivity contribution >= 4 is 6.03 Å². The monoisotopic (exact) mass is 346 g/mol. The Bertz CT molecular complexity index is 597. The number of hydrogen-bond acceptors (Lipinski definition) is 3. The number of carbonyl (C=O) groups is 1. The van der Waals surface area contributed by atoms with Crippen LogP contribution < -0.4 is 10.6 Å². The molecule has 1 aromatic heterocycles. The van der Waals surface area contributed by atoms with Gasteiger partial charge in [-0.2, -0.15) is 0 Å². The van der Waals surface area contributed by atoms with Crippen LogP contribution in [0.2, 0.25) is 0 Å². The average molecular weight is 346 g/mol. The maximum absolute atomic E-state index is 12.3. The lowest BCUT2D eigenvalue weighted by molar-refractivity contribution is -0.00860. The molecule has 0 atom stereocenters. The summed E-state index contributed by atoms with van der Waals surface area (Å²) in [4.78, 5) is 16.8. The Hall–Kier alpha value is -1.56. The largest absolute Gasteiger partial charge is 0.381 e. The van der Waals surface area contributed by atoms with Crippen LogP contribution >= 0.6 is 0 Å². The van der Waals surface area contributed by atoms with E-state index >= 15 is 0 Å². The van der Waals surface area contributed by atoms with Gasteiger partial charge < -0.3 is 19.9 Å². The van der Waals surface area contributed by atoms with Gasteiger partial charge >= 0.3 is 6.03 Å². The van der Waals surface area contributed by atoms with Crippen LogP contribution in [0.15, 0.2) is 6.20 Å². The third-order valence-corrected chi connectivity index (χ3v) is 6.42. The Morgan fingerprint density at radius 3 is 2.84 bits per heavy atom. The highest BCUT2D eigenvalue weighted by Crippen LogP contribution is 2.44. The zero-order valence-corrected chi connectivity index (χ0v) is 15.1.